The summed E-state index contributed by atoms with van der Waals surface area (Å²) in [5.41, 5.74) is 0.845. The fraction of sp³-hybridized carbons (Fsp3) is 0.500. The van der Waals surface area contributed by atoms with Crippen molar-refractivity contribution in [3.8, 4) is 5.88 Å². The van der Waals surface area contributed by atoms with Crippen LogP contribution in [0.25, 0.3) is 5.65 Å². The van der Waals surface area contributed by atoms with Crippen LogP contribution in [0.5, 0.6) is 5.88 Å². The summed E-state index contributed by atoms with van der Waals surface area (Å²) in [6.07, 6.45) is 3.37. The molecule has 5 heteroatoms. The standard InChI is InChI=1S/C12H16N4O/c1-17-12-6-2-5-10-14-15-11(16(10)12)8-9-4-3-7-13-9/h2,5-6,9,13H,3-4,7-8H2,1H3. The number of pyridine rings is 1. The summed E-state index contributed by atoms with van der Waals surface area (Å²) in [5.74, 6) is 1.76. The van der Waals surface area contributed by atoms with Crippen LogP contribution in [0, 0.1) is 0 Å². The molecule has 17 heavy (non-hydrogen) atoms. The Morgan fingerprint density at radius 3 is 3.18 bits per heavy atom. The third-order valence-electron chi connectivity index (χ3n) is 3.26. The van der Waals surface area contributed by atoms with E-state index in [0.717, 1.165) is 30.3 Å². The van der Waals surface area contributed by atoms with Crippen LogP contribution in [0.4, 0.5) is 0 Å². The molecule has 0 spiro atoms. The highest BCUT2D eigenvalue weighted by Gasteiger charge is 2.18. The van der Waals surface area contributed by atoms with Gasteiger partial charge in [-0.25, -0.2) is 4.40 Å². The van der Waals surface area contributed by atoms with E-state index in [0.29, 0.717) is 6.04 Å². The molecule has 0 saturated carbocycles. The van der Waals surface area contributed by atoms with Gasteiger partial charge in [-0.3, -0.25) is 0 Å². The molecule has 1 atom stereocenters. The first-order chi connectivity index (χ1) is 8.38. The molecule has 3 rings (SSSR count). The van der Waals surface area contributed by atoms with Crippen LogP contribution in [-0.4, -0.2) is 34.3 Å². The number of hydrogen-bond donors (Lipinski definition) is 1. The number of nitrogens with zero attached hydrogens (tertiary/aromatic N) is 3. The van der Waals surface area contributed by atoms with Crippen molar-refractivity contribution in [2.24, 2.45) is 0 Å². The minimum absolute atomic E-state index is 0.521. The van der Waals surface area contributed by atoms with Crippen molar-refractivity contribution in [2.75, 3.05) is 13.7 Å². The largest absolute Gasteiger partial charge is 0.482 e. The van der Waals surface area contributed by atoms with Gasteiger partial charge in [0.05, 0.1) is 7.11 Å². The molecule has 0 amide bonds. The van der Waals surface area contributed by atoms with Gasteiger partial charge >= 0.3 is 0 Å². The van der Waals surface area contributed by atoms with Crippen LogP contribution >= 0.6 is 0 Å². The molecule has 1 aliphatic heterocycles. The van der Waals surface area contributed by atoms with Crippen LogP contribution in [0.3, 0.4) is 0 Å². The minimum Gasteiger partial charge on any atom is -0.482 e. The lowest BCUT2D eigenvalue weighted by Crippen LogP contribution is -2.24. The number of methoxy groups -OCH3 is 1. The summed E-state index contributed by atoms with van der Waals surface area (Å²) >= 11 is 0. The maximum absolute atomic E-state index is 5.35. The molecule has 0 bridgehead atoms. The van der Waals surface area contributed by atoms with Crippen LogP contribution in [0.15, 0.2) is 18.2 Å². The van der Waals surface area contributed by atoms with Gasteiger partial charge in [0.15, 0.2) is 5.65 Å². The lowest BCUT2D eigenvalue weighted by atomic mass is 10.1. The Labute approximate surface area is 99.8 Å². The zero-order valence-electron chi connectivity index (χ0n) is 9.89. The first-order valence-electron chi connectivity index (χ1n) is 5.99. The predicted molar refractivity (Wildman–Crippen MR) is 64.3 cm³/mol. The van der Waals surface area contributed by atoms with E-state index < -0.39 is 0 Å². The zero-order chi connectivity index (χ0) is 11.7. The Morgan fingerprint density at radius 2 is 2.41 bits per heavy atom. The van der Waals surface area contributed by atoms with E-state index in [4.69, 9.17) is 4.74 Å². The first kappa shape index (κ1) is 10.5. The molecule has 1 fully saturated rings. The summed E-state index contributed by atoms with van der Waals surface area (Å²) in [5, 5.41) is 11.9. The third-order valence-corrected chi connectivity index (χ3v) is 3.26. The quantitative estimate of drug-likeness (QED) is 0.859. The van der Waals surface area contributed by atoms with E-state index in [1.54, 1.807) is 7.11 Å². The maximum atomic E-state index is 5.35. The fourth-order valence-electron chi connectivity index (χ4n) is 2.41. The van der Waals surface area contributed by atoms with Crippen LogP contribution in [-0.2, 0) is 6.42 Å². The molecule has 90 valence electrons. The molecule has 0 aromatic carbocycles. The van der Waals surface area contributed by atoms with Gasteiger partial charge in [-0.15, -0.1) is 10.2 Å². The monoisotopic (exact) mass is 232 g/mol. The Balaban J connectivity index is 1.98. The molecule has 0 aliphatic carbocycles. The molecular weight excluding hydrogens is 216 g/mol. The fourth-order valence-corrected chi connectivity index (χ4v) is 2.41. The number of fused-ring (bicyclic) bond motifs is 1. The molecule has 5 nitrogen and oxygen atoms in total. The van der Waals surface area contributed by atoms with E-state index in [1.165, 1.54) is 12.8 Å². The van der Waals surface area contributed by atoms with Crippen LogP contribution in [0.2, 0.25) is 0 Å². The predicted octanol–water partition coefficient (Wildman–Crippen LogP) is 1.03. The van der Waals surface area contributed by atoms with Gasteiger partial charge in [-0.05, 0) is 31.5 Å². The number of nitrogens with one attached hydrogen (secondary N) is 1. The smallest absolute Gasteiger partial charge is 0.200 e. The second-order valence-electron chi connectivity index (χ2n) is 4.38. The van der Waals surface area contributed by atoms with Gasteiger partial charge in [0.2, 0.25) is 5.88 Å². The highest BCUT2D eigenvalue weighted by Crippen LogP contribution is 2.18. The van der Waals surface area contributed by atoms with E-state index >= 15 is 0 Å². The molecule has 1 N–H and O–H groups in total. The molecule has 1 aliphatic rings. The minimum atomic E-state index is 0.521. The number of aromatic nitrogens is 3. The Morgan fingerprint density at radius 1 is 1.47 bits per heavy atom. The highest BCUT2D eigenvalue weighted by molar-refractivity contribution is 5.42. The van der Waals surface area contributed by atoms with Crippen molar-refractivity contribution in [3.05, 3.63) is 24.0 Å². The number of rotatable bonds is 3. The van der Waals surface area contributed by atoms with E-state index in [-0.39, 0.29) is 0 Å². The molecule has 0 radical (unpaired) electrons. The van der Waals surface area contributed by atoms with Crippen molar-refractivity contribution in [3.63, 3.8) is 0 Å². The second-order valence-corrected chi connectivity index (χ2v) is 4.38. The van der Waals surface area contributed by atoms with E-state index in [9.17, 15) is 0 Å². The second kappa shape index (κ2) is 4.33. The molecule has 1 saturated heterocycles. The van der Waals surface area contributed by atoms with Gasteiger partial charge in [-0.1, -0.05) is 6.07 Å². The summed E-state index contributed by atoms with van der Waals surface area (Å²) in [6.45, 7) is 1.11. The molecular formula is C12H16N4O. The Kier molecular flexibility index (Phi) is 2.68. The summed E-state index contributed by atoms with van der Waals surface area (Å²) in [7, 11) is 1.67. The average molecular weight is 232 g/mol. The van der Waals surface area contributed by atoms with Crippen LogP contribution in [0.1, 0.15) is 18.7 Å². The lowest BCUT2D eigenvalue weighted by molar-refractivity contribution is 0.389. The molecule has 3 heterocycles. The van der Waals surface area contributed by atoms with Gasteiger partial charge in [0.1, 0.15) is 5.82 Å². The van der Waals surface area contributed by atoms with Gasteiger partial charge in [0.25, 0.3) is 0 Å². The van der Waals surface area contributed by atoms with Crippen molar-refractivity contribution < 1.29 is 4.74 Å². The topological polar surface area (TPSA) is 51.5 Å². The SMILES string of the molecule is COc1cccc2nnc(CC3CCCN3)n12. The molecule has 2 aromatic rings. The van der Waals surface area contributed by atoms with Gasteiger partial charge < -0.3 is 10.1 Å². The number of hydrogen-bond acceptors (Lipinski definition) is 4. The van der Waals surface area contributed by atoms with Crippen molar-refractivity contribution >= 4 is 5.65 Å². The average Bonchev–Trinajstić information content (AvgIpc) is 2.99. The lowest BCUT2D eigenvalue weighted by Gasteiger charge is -2.10. The normalized spacial score (nSPS) is 19.9. The van der Waals surface area contributed by atoms with Crippen molar-refractivity contribution in [1.29, 1.82) is 0 Å². The number of ether oxygens (including phenoxy) is 1. The third kappa shape index (κ3) is 1.86. The van der Waals surface area contributed by atoms with Crippen molar-refractivity contribution in [1.82, 2.24) is 19.9 Å². The van der Waals surface area contributed by atoms with Gasteiger partial charge in [0, 0.05) is 12.5 Å². The van der Waals surface area contributed by atoms with E-state index in [2.05, 4.69) is 15.5 Å². The van der Waals surface area contributed by atoms with E-state index in [1.807, 2.05) is 22.6 Å². The van der Waals surface area contributed by atoms with Gasteiger partial charge in [-0.2, -0.15) is 0 Å². The summed E-state index contributed by atoms with van der Waals surface area (Å²) < 4.78 is 7.34. The maximum Gasteiger partial charge on any atom is 0.200 e. The Bertz CT molecular complexity index is 516. The Hall–Kier alpha value is -1.62. The van der Waals surface area contributed by atoms with Crippen LogP contribution < -0.4 is 10.1 Å². The van der Waals surface area contributed by atoms with Crippen molar-refractivity contribution in [2.45, 2.75) is 25.3 Å². The molecule has 2 aromatic heterocycles. The molecule has 1 unspecified atom stereocenters. The zero-order valence-corrected chi connectivity index (χ0v) is 9.89. The summed E-state index contributed by atoms with van der Waals surface area (Å²) in [6, 6.07) is 6.33. The first-order valence-corrected chi connectivity index (χ1v) is 5.99. The highest BCUT2D eigenvalue weighted by atomic mass is 16.5. The summed E-state index contributed by atoms with van der Waals surface area (Å²) in [4.78, 5) is 0.